The molecule has 1 aromatic rings. The molecule has 0 spiro atoms. The zero-order chi connectivity index (χ0) is 15.0. The molecule has 20 heavy (non-hydrogen) atoms. The maximum absolute atomic E-state index is 12.1. The maximum Gasteiger partial charge on any atom is 0.323 e. The molecule has 0 bridgehead atoms. The van der Waals surface area contributed by atoms with Gasteiger partial charge >= 0.3 is 5.97 Å². The van der Waals surface area contributed by atoms with E-state index in [1.165, 1.54) is 10.5 Å². The van der Waals surface area contributed by atoms with Gasteiger partial charge in [0.05, 0.1) is 0 Å². The normalized spacial score (nSPS) is 11.9. The molecular weight excluding hydrogens is 254 g/mol. The van der Waals surface area contributed by atoms with Gasteiger partial charge in [-0.1, -0.05) is 37.3 Å². The molecule has 0 radical (unpaired) electrons. The molecular formula is C16H23NO3. The largest absolute Gasteiger partial charge is 0.480 e. The Morgan fingerprint density at radius 1 is 1.25 bits per heavy atom. The number of aliphatic carboxylic acids is 1. The summed E-state index contributed by atoms with van der Waals surface area (Å²) in [5.41, 5.74) is 1.20. The molecule has 0 aliphatic carbocycles. The highest BCUT2D eigenvalue weighted by Crippen LogP contribution is 2.10. The van der Waals surface area contributed by atoms with E-state index in [2.05, 4.69) is 0 Å². The summed E-state index contributed by atoms with van der Waals surface area (Å²) in [4.78, 5) is 24.4. The van der Waals surface area contributed by atoms with Crippen molar-refractivity contribution in [3.8, 4) is 0 Å². The number of benzene rings is 1. The highest BCUT2D eigenvalue weighted by atomic mass is 16.4. The van der Waals surface area contributed by atoms with Crippen molar-refractivity contribution in [2.45, 2.75) is 45.6 Å². The first-order chi connectivity index (χ1) is 9.54. The van der Waals surface area contributed by atoms with Crippen LogP contribution in [0.15, 0.2) is 30.3 Å². The first-order valence-corrected chi connectivity index (χ1v) is 7.09. The highest BCUT2D eigenvalue weighted by molar-refractivity contribution is 5.81. The number of carboxylic acid groups (broad SMARTS) is 1. The van der Waals surface area contributed by atoms with Gasteiger partial charge in [0.1, 0.15) is 6.54 Å². The molecule has 0 heterocycles. The van der Waals surface area contributed by atoms with E-state index in [0.29, 0.717) is 6.42 Å². The van der Waals surface area contributed by atoms with Crippen LogP contribution in [0.1, 0.15) is 38.7 Å². The van der Waals surface area contributed by atoms with Crippen molar-refractivity contribution < 1.29 is 14.7 Å². The molecule has 1 aromatic carbocycles. The van der Waals surface area contributed by atoms with E-state index >= 15 is 0 Å². The molecule has 1 unspecified atom stereocenters. The maximum atomic E-state index is 12.1. The fourth-order valence-electron chi connectivity index (χ4n) is 2.09. The lowest BCUT2D eigenvalue weighted by molar-refractivity contribution is -0.146. The van der Waals surface area contributed by atoms with Crippen molar-refractivity contribution in [3.63, 3.8) is 0 Å². The lowest BCUT2D eigenvalue weighted by Crippen LogP contribution is -2.41. The molecule has 110 valence electrons. The van der Waals surface area contributed by atoms with Gasteiger partial charge in [0, 0.05) is 12.5 Å². The zero-order valence-corrected chi connectivity index (χ0v) is 12.2. The van der Waals surface area contributed by atoms with E-state index in [0.717, 1.165) is 19.3 Å². The molecule has 4 nitrogen and oxygen atoms in total. The Bertz CT molecular complexity index is 431. The molecule has 1 N–H and O–H groups in total. The second-order valence-corrected chi connectivity index (χ2v) is 5.01. The number of hydrogen-bond acceptors (Lipinski definition) is 2. The van der Waals surface area contributed by atoms with E-state index in [1.54, 1.807) is 0 Å². The Kier molecular flexibility index (Phi) is 6.77. The average Bonchev–Trinajstić information content (AvgIpc) is 2.44. The Labute approximate surface area is 120 Å². The van der Waals surface area contributed by atoms with Crippen molar-refractivity contribution >= 4 is 11.9 Å². The molecule has 0 aliphatic heterocycles. The van der Waals surface area contributed by atoms with Gasteiger partial charge in [0.25, 0.3) is 0 Å². The minimum atomic E-state index is -0.957. The molecule has 4 heteroatoms. The minimum Gasteiger partial charge on any atom is -0.480 e. The zero-order valence-electron chi connectivity index (χ0n) is 12.2. The van der Waals surface area contributed by atoms with E-state index in [1.807, 2.05) is 44.2 Å². The SMILES string of the molecule is CCC(C)N(CC(=O)O)C(=O)CCCc1ccccc1. The van der Waals surface area contributed by atoms with Crippen LogP contribution in [-0.2, 0) is 16.0 Å². The quantitative estimate of drug-likeness (QED) is 0.795. The van der Waals surface area contributed by atoms with Crippen LogP contribution in [0.5, 0.6) is 0 Å². The van der Waals surface area contributed by atoms with Crippen molar-refractivity contribution in [2.75, 3.05) is 6.54 Å². The predicted octanol–water partition coefficient (Wildman–Crippen LogP) is 2.72. The summed E-state index contributed by atoms with van der Waals surface area (Å²) in [6.45, 7) is 3.63. The van der Waals surface area contributed by atoms with Crippen LogP contribution in [0.2, 0.25) is 0 Å². The van der Waals surface area contributed by atoms with Gasteiger partial charge in [0.15, 0.2) is 0 Å². The summed E-state index contributed by atoms with van der Waals surface area (Å²) in [6.07, 6.45) is 2.74. The minimum absolute atomic E-state index is 0.0321. The lowest BCUT2D eigenvalue weighted by Gasteiger charge is -2.27. The van der Waals surface area contributed by atoms with E-state index < -0.39 is 5.97 Å². The molecule has 1 rings (SSSR count). The molecule has 0 aliphatic rings. The average molecular weight is 277 g/mol. The monoisotopic (exact) mass is 277 g/mol. The first kappa shape index (κ1) is 16.2. The molecule has 0 fully saturated rings. The van der Waals surface area contributed by atoms with E-state index in [4.69, 9.17) is 5.11 Å². The Hall–Kier alpha value is -1.84. The smallest absolute Gasteiger partial charge is 0.323 e. The van der Waals surface area contributed by atoms with Crippen LogP contribution in [0.25, 0.3) is 0 Å². The number of aryl methyl sites for hydroxylation is 1. The van der Waals surface area contributed by atoms with Gasteiger partial charge in [-0.2, -0.15) is 0 Å². The number of carboxylic acids is 1. The van der Waals surface area contributed by atoms with Crippen LogP contribution >= 0.6 is 0 Å². The summed E-state index contributed by atoms with van der Waals surface area (Å²) >= 11 is 0. The highest BCUT2D eigenvalue weighted by Gasteiger charge is 2.20. The Balaban J connectivity index is 2.47. The number of nitrogens with zero attached hydrogens (tertiary/aromatic N) is 1. The topological polar surface area (TPSA) is 57.6 Å². The van der Waals surface area contributed by atoms with Gasteiger partial charge in [-0.15, -0.1) is 0 Å². The van der Waals surface area contributed by atoms with Crippen LogP contribution < -0.4 is 0 Å². The third-order valence-corrected chi connectivity index (χ3v) is 3.45. The fraction of sp³-hybridized carbons (Fsp3) is 0.500. The van der Waals surface area contributed by atoms with Crippen LogP contribution in [0.4, 0.5) is 0 Å². The van der Waals surface area contributed by atoms with Gasteiger partial charge in [0.2, 0.25) is 5.91 Å². The lowest BCUT2D eigenvalue weighted by atomic mass is 10.1. The van der Waals surface area contributed by atoms with Gasteiger partial charge in [-0.05, 0) is 31.7 Å². The van der Waals surface area contributed by atoms with E-state index in [9.17, 15) is 9.59 Å². The second kappa shape index (κ2) is 8.35. The van der Waals surface area contributed by atoms with Crippen molar-refractivity contribution in [1.29, 1.82) is 0 Å². The van der Waals surface area contributed by atoms with Gasteiger partial charge in [-0.25, -0.2) is 0 Å². The summed E-state index contributed by atoms with van der Waals surface area (Å²) in [5.74, 6) is -1.03. The van der Waals surface area contributed by atoms with Crippen molar-refractivity contribution in [1.82, 2.24) is 4.90 Å². The summed E-state index contributed by atoms with van der Waals surface area (Å²) in [6, 6.07) is 9.96. The van der Waals surface area contributed by atoms with Crippen molar-refractivity contribution in [3.05, 3.63) is 35.9 Å². The van der Waals surface area contributed by atoms with Crippen molar-refractivity contribution in [2.24, 2.45) is 0 Å². The molecule has 1 atom stereocenters. The number of rotatable bonds is 8. The van der Waals surface area contributed by atoms with Crippen LogP contribution in [-0.4, -0.2) is 34.5 Å². The first-order valence-electron chi connectivity index (χ1n) is 7.09. The van der Waals surface area contributed by atoms with E-state index in [-0.39, 0.29) is 18.5 Å². The number of carbonyl (C=O) groups is 2. The molecule has 1 amide bonds. The third-order valence-electron chi connectivity index (χ3n) is 3.45. The second-order valence-electron chi connectivity index (χ2n) is 5.01. The Morgan fingerprint density at radius 3 is 2.45 bits per heavy atom. The predicted molar refractivity (Wildman–Crippen MR) is 78.5 cm³/mol. The van der Waals surface area contributed by atoms with Crippen LogP contribution in [0.3, 0.4) is 0 Å². The fourth-order valence-corrected chi connectivity index (χ4v) is 2.09. The number of carbonyl (C=O) groups excluding carboxylic acids is 1. The molecule has 0 saturated carbocycles. The number of hydrogen-bond donors (Lipinski definition) is 1. The molecule has 0 saturated heterocycles. The Morgan fingerprint density at radius 2 is 1.90 bits per heavy atom. The van der Waals surface area contributed by atoms with Gasteiger partial charge in [-0.3, -0.25) is 9.59 Å². The summed E-state index contributed by atoms with van der Waals surface area (Å²) in [5, 5.41) is 8.89. The third kappa shape index (κ3) is 5.43. The summed E-state index contributed by atoms with van der Waals surface area (Å²) < 4.78 is 0. The van der Waals surface area contributed by atoms with Gasteiger partial charge < -0.3 is 10.0 Å². The number of amides is 1. The van der Waals surface area contributed by atoms with Crippen LogP contribution in [0, 0.1) is 0 Å². The summed E-state index contributed by atoms with van der Waals surface area (Å²) in [7, 11) is 0. The standard InChI is InChI=1S/C16H23NO3/c1-3-13(2)17(12-16(19)20)15(18)11-7-10-14-8-5-4-6-9-14/h4-6,8-9,13H,3,7,10-12H2,1-2H3,(H,19,20). The molecule has 0 aromatic heterocycles.